The average molecular weight is 485 g/mol. The van der Waals surface area contributed by atoms with E-state index in [1.807, 2.05) is 41.2 Å². The van der Waals surface area contributed by atoms with Crippen molar-refractivity contribution in [2.24, 2.45) is 11.7 Å². The molecule has 0 aliphatic carbocycles. The maximum Gasteiger partial charge on any atom is 0.271 e. The van der Waals surface area contributed by atoms with Gasteiger partial charge in [0.2, 0.25) is 5.91 Å². The summed E-state index contributed by atoms with van der Waals surface area (Å²) in [5.74, 6) is 0.207. The molecule has 0 aliphatic heterocycles. The predicted molar refractivity (Wildman–Crippen MR) is 135 cm³/mol. The minimum atomic E-state index is -0.576. The Hall–Kier alpha value is -3.11. The zero-order valence-electron chi connectivity index (χ0n) is 20.1. The topological polar surface area (TPSA) is 115 Å². The molecule has 3 N–H and O–H groups in total. The number of aromatic nitrogens is 3. The van der Waals surface area contributed by atoms with E-state index in [2.05, 4.69) is 24.1 Å². The summed E-state index contributed by atoms with van der Waals surface area (Å²) in [5, 5.41) is 4.74. The molecular weight excluding hydrogens is 452 g/mol. The number of nitrogens with two attached hydrogens (primary N) is 1. The third-order valence-electron chi connectivity index (χ3n) is 5.18. The minimum Gasteiger partial charge on any atom is -0.383 e. The lowest BCUT2D eigenvalue weighted by atomic mass is 10.2. The first kappa shape index (κ1) is 25.5. The molecule has 9 nitrogen and oxygen atoms in total. The number of hydrogen-bond donors (Lipinski definition) is 2. The summed E-state index contributed by atoms with van der Waals surface area (Å²) in [7, 11) is 1.61. The third-order valence-corrected chi connectivity index (χ3v) is 5.73. The molecule has 0 bridgehead atoms. The van der Waals surface area contributed by atoms with Crippen molar-refractivity contribution in [2.45, 2.75) is 32.1 Å². The molecule has 0 aliphatic rings. The van der Waals surface area contributed by atoms with Crippen molar-refractivity contribution < 1.29 is 14.3 Å². The van der Waals surface area contributed by atoms with E-state index in [1.165, 1.54) is 16.7 Å². The van der Waals surface area contributed by atoms with Crippen LogP contribution in [-0.2, 0) is 22.6 Å². The Labute approximate surface area is 204 Å². The van der Waals surface area contributed by atoms with E-state index in [-0.39, 0.29) is 19.0 Å². The largest absolute Gasteiger partial charge is 0.383 e. The molecule has 2 amide bonds. The number of benzene rings is 1. The number of hydrogen-bond acceptors (Lipinski definition) is 7. The molecule has 0 radical (unpaired) electrons. The number of nitrogens with zero attached hydrogens (tertiary/aromatic N) is 4. The molecule has 182 valence electrons. The van der Waals surface area contributed by atoms with Gasteiger partial charge in [-0.15, -0.1) is 0 Å². The number of fused-ring (bicyclic) bond motifs is 1. The van der Waals surface area contributed by atoms with Crippen LogP contribution in [0.3, 0.4) is 0 Å². The molecular formula is C24H32N6O3S. The summed E-state index contributed by atoms with van der Waals surface area (Å²) in [6, 6.07) is 11.3. The van der Waals surface area contributed by atoms with E-state index in [1.54, 1.807) is 13.2 Å². The Balaban J connectivity index is 2.11. The quantitative estimate of drug-likeness (QED) is 0.300. The standard InChI is InChI=1S/C24H32N6O3S/c1-16(2)13-26-21-18-12-19(30(10-11-33-3)22(18)28-24(27-21)34-4)23(32)29(15-20(25)31)14-17-8-6-5-7-9-17/h5-9,12,16H,10-11,13-15H2,1-4H3,(H2,25,31)(H,26,27,28). The Morgan fingerprint density at radius 3 is 2.59 bits per heavy atom. The zero-order valence-corrected chi connectivity index (χ0v) is 20.9. The zero-order chi connectivity index (χ0) is 24.7. The molecule has 3 rings (SSSR count). The maximum atomic E-state index is 13.8. The average Bonchev–Trinajstić information content (AvgIpc) is 3.18. The first-order valence-corrected chi connectivity index (χ1v) is 12.4. The van der Waals surface area contributed by atoms with Gasteiger partial charge in [-0.1, -0.05) is 55.9 Å². The van der Waals surface area contributed by atoms with Crippen LogP contribution in [0.2, 0.25) is 0 Å². The molecule has 34 heavy (non-hydrogen) atoms. The number of anilines is 1. The van der Waals surface area contributed by atoms with Gasteiger partial charge in [0.1, 0.15) is 23.7 Å². The highest BCUT2D eigenvalue weighted by Crippen LogP contribution is 2.28. The van der Waals surface area contributed by atoms with E-state index >= 15 is 0 Å². The SMILES string of the molecule is COCCn1c(C(=O)N(CC(N)=O)Cc2ccccc2)cc2c(NCC(C)C)nc(SC)nc21. The monoisotopic (exact) mass is 484 g/mol. The van der Waals surface area contributed by atoms with Crippen LogP contribution in [0.4, 0.5) is 5.82 Å². The fourth-order valence-corrected chi connectivity index (χ4v) is 3.93. The molecule has 0 atom stereocenters. The number of primary amides is 1. The fraction of sp³-hybridized carbons (Fsp3) is 0.417. The highest BCUT2D eigenvalue weighted by atomic mass is 32.2. The summed E-state index contributed by atoms with van der Waals surface area (Å²) >= 11 is 1.44. The first-order chi connectivity index (χ1) is 16.3. The molecule has 0 saturated carbocycles. The van der Waals surface area contributed by atoms with E-state index < -0.39 is 5.91 Å². The number of thioether (sulfide) groups is 1. The molecule has 0 unspecified atom stereocenters. The highest BCUT2D eigenvalue weighted by molar-refractivity contribution is 7.98. The molecule has 3 aromatic rings. The van der Waals surface area contributed by atoms with Gasteiger partial charge in [0, 0.05) is 26.7 Å². The van der Waals surface area contributed by atoms with Crippen LogP contribution in [0.15, 0.2) is 41.6 Å². The summed E-state index contributed by atoms with van der Waals surface area (Å²) in [4.78, 5) is 36.4. The molecule has 0 spiro atoms. The van der Waals surface area contributed by atoms with Crippen molar-refractivity contribution in [2.75, 3.05) is 38.4 Å². The highest BCUT2D eigenvalue weighted by Gasteiger charge is 2.25. The Morgan fingerprint density at radius 1 is 1.24 bits per heavy atom. The second-order valence-corrected chi connectivity index (χ2v) is 9.13. The van der Waals surface area contributed by atoms with Gasteiger partial charge in [-0.3, -0.25) is 9.59 Å². The summed E-state index contributed by atoms with van der Waals surface area (Å²) < 4.78 is 7.14. The lowest BCUT2D eigenvalue weighted by Gasteiger charge is -2.22. The van der Waals surface area contributed by atoms with Crippen molar-refractivity contribution in [3.05, 3.63) is 47.7 Å². The van der Waals surface area contributed by atoms with E-state index in [9.17, 15) is 9.59 Å². The van der Waals surface area contributed by atoms with Gasteiger partial charge in [-0.2, -0.15) is 0 Å². The number of nitrogens with one attached hydrogen (secondary N) is 1. The van der Waals surface area contributed by atoms with Gasteiger partial charge in [-0.25, -0.2) is 9.97 Å². The number of amides is 2. The van der Waals surface area contributed by atoms with Gasteiger partial charge in [0.05, 0.1) is 12.0 Å². The van der Waals surface area contributed by atoms with Gasteiger partial charge >= 0.3 is 0 Å². The van der Waals surface area contributed by atoms with Crippen LogP contribution in [-0.4, -0.2) is 64.3 Å². The third kappa shape index (κ3) is 6.27. The van der Waals surface area contributed by atoms with Crippen LogP contribution in [0.25, 0.3) is 11.0 Å². The normalized spacial score (nSPS) is 11.2. The lowest BCUT2D eigenvalue weighted by molar-refractivity contribution is -0.118. The van der Waals surface area contributed by atoms with Gasteiger partial charge in [0.25, 0.3) is 5.91 Å². The summed E-state index contributed by atoms with van der Waals surface area (Å²) in [6.07, 6.45) is 1.91. The number of ether oxygens (including phenoxy) is 1. The Morgan fingerprint density at radius 2 is 1.97 bits per heavy atom. The van der Waals surface area contributed by atoms with Crippen molar-refractivity contribution >= 4 is 40.4 Å². The molecule has 2 heterocycles. The summed E-state index contributed by atoms with van der Waals surface area (Å²) in [6.45, 7) is 5.84. The van der Waals surface area contributed by atoms with Crippen molar-refractivity contribution in [3.63, 3.8) is 0 Å². The second kappa shape index (κ2) is 11.8. The second-order valence-electron chi connectivity index (χ2n) is 8.36. The smallest absolute Gasteiger partial charge is 0.271 e. The molecule has 0 saturated heterocycles. The van der Waals surface area contributed by atoms with Crippen LogP contribution >= 0.6 is 11.8 Å². The van der Waals surface area contributed by atoms with Crippen LogP contribution in [0.1, 0.15) is 29.9 Å². The van der Waals surface area contributed by atoms with Crippen molar-refractivity contribution in [1.29, 1.82) is 0 Å². The molecule has 2 aromatic heterocycles. The van der Waals surface area contributed by atoms with Crippen molar-refractivity contribution in [3.8, 4) is 0 Å². The number of carbonyl (C=O) groups excluding carboxylic acids is 2. The number of rotatable bonds is 12. The molecule has 10 heteroatoms. The Bertz CT molecular complexity index is 1130. The fourth-order valence-electron chi connectivity index (χ4n) is 3.57. The van der Waals surface area contributed by atoms with Gasteiger partial charge in [0.15, 0.2) is 5.16 Å². The van der Waals surface area contributed by atoms with Gasteiger partial charge < -0.3 is 25.3 Å². The number of methoxy groups -OCH3 is 1. The van der Waals surface area contributed by atoms with Crippen molar-refractivity contribution in [1.82, 2.24) is 19.4 Å². The van der Waals surface area contributed by atoms with E-state index in [0.29, 0.717) is 41.4 Å². The molecule has 1 aromatic carbocycles. The maximum absolute atomic E-state index is 13.8. The minimum absolute atomic E-state index is 0.195. The van der Waals surface area contributed by atoms with Crippen LogP contribution < -0.4 is 11.1 Å². The predicted octanol–water partition coefficient (Wildman–Crippen LogP) is 3.00. The van der Waals surface area contributed by atoms with Gasteiger partial charge in [-0.05, 0) is 23.8 Å². The van der Waals surface area contributed by atoms with E-state index in [4.69, 9.17) is 15.5 Å². The first-order valence-electron chi connectivity index (χ1n) is 11.1. The Kier molecular flexibility index (Phi) is 8.89. The van der Waals surface area contributed by atoms with Crippen LogP contribution in [0.5, 0.6) is 0 Å². The van der Waals surface area contributed by atoms with Crippen LogP contribution in [0, 0.1) is 5.92 Å². The molecule has 0 fully saturated rings. The number of carbonyl (C=O) groups is 2. The van der Waals surface area contributed by atoms with E-state index in [0.717, 1.165) is 17.5 Å². The summed E-state index contributed by atoms with van der Waals surface area (Å²) in [5.41, 5.74) is 7.44. The lowest BCUT2D eigenvalue weighted by Crippen LogP contribution is -2.39.